The van der Waals surface area contributed by atoms with E-state index in [0.29, 0.717) is 42.8 Å². The summed E-state index contributed by atoms with van der Waals surface area (Å²) >= 11 is 0. The zero-order valence-electron chi connectivity index (χ0n) is 17.1. The van der Waals surface area contributed by atoms with E-state index in [-0.39, 0.29) is 17.4 Å². The molecule has 1 aliphatic heterocycles. The Bertz CT molecular complexity index is 1100. The summed E-state index contributed by atoms with van der Waals surface area (Å²) in [6, 6.07) is 7.53. The summed E-state index contributed by atoms with van der Waals surface area (Å²) in [7, 11) is 0. The first-order valence-corrected chi connectivity index (χ1v) is 10.7. The molecule has 162 valence electrons. The van der Waals surface area contributed by atoms with Gasteiger partial charge in [-0.3, -0.25) is 0 Å². The van der Waals surface area contributed by atoms with Gasteiger partial charge in [-0.25, -0.2) is 18.9 Å². The number of pyridine rings is 1. The molecule has 31 heavy (non-hydrogen) atoms. The molecule has 2 aliphatic rings. The molecular formula is C23H24FN3O4. The number of benzene rings is 1. The van der Waals surface area contributed by atoms with E-state index in [1.165, 1.54) is 18.2 Å². The minimum atomic E-state index is -1.13. The molecule has 2 aromatic heterocycles. The van der Waals surface area contributed by atoms with E-state index in [9.17, 15) is 14.3 Å². The highest BCUT2D eigenvalue weighted by Crippen LogP contribution is 2.42. The van der Waals surface area contributed by atoms with Crippen LogP contribution in [-0.4, -0.2) is 45.7 Å². The minimum absolute atomic E-state index is 0.0992. The molecule has 0 amide bonds. The molecular weight excluding hydrogens is 401 g/mol. The minimum Gasteiger partial charge on any atom is -0.477 e. The van der Waals surface area contributed by atoms with E-state index in [2.05, 4.69) is 4.98 Å². The predicted octanol–water partition coefficient (Wildman–Crippen LogP) is 4.33. The molecule has 1 aromatic carbocycles. The molecule has 0 unspecified atom stereocenters. The van der Waals surface area contributed by atoms with Gasteiger partial charge in [0.1, 0.15) is 5.82 Å². The molecule has 2 fully saturated rings. The second-order valence-corrected chi connectivity index (χ2v) is 8.28. The molecule has 1 aliphatic carbocycles. The predicted molar refractivity (Wildman–Crippen MR) is 111 cm³/mol. The van der Waals surface area contributed by atoms with Gasteiger partial charge in [-0.05, 0) is 61.9 Å². The van der Waals surface area contributed by atoms with Gasteiger partial charge in [0.15, 0.2) is 5.69 Å². The Kier molecular flexibility index (Phi) is 5.31. The summed E-state index contributed by atoms with van der Waals surface area (Å²) in [5.41, 5.74) is 2.05. The number of aromatic nitrogens is 3. The first kappa shape index (κ1) is 19.9. The van der Waals surface area contributed by atoms with Crippen LogP contribution in [0.4, 0.5) is 4.39 Å². The van der Waals surface area contributed by atoms with Crippen molar-refractivity contribution in [3.63, 3.8) is 0 Å². The number of carboxylic acid groups (broad SMARTS) is 1. The van der Waals surface area contributed by atoms with Crippen molar-refractivity contribution in [3.8, 4) is 11.6 Å². The summed E-state index contributed by atoms with van der Waals surface area (Å²) in [6.07, 6.45) is 5.00. The molecule has 3 heterocycles. The van der Waals surface area contributed by atoms with Gasteiger partial charge in [-0.15, -0.1) is 0 Å². The van der Waals surface area contributed by atoms with Gasteiger partial charge in [-0.2, -0.15) is 5.10 Å². The number of rotatable bonds is 6. The van der Waals surface area contributed by atoms with Gasteiger partial charge < -0.3 is 14.6 Å². The fourth-order valence-corrected chi connectivity index (χ4v) is 4.20. The van der Waals surface area contributed by atoms with E-state index in [1.54, 1.807) is 16.8 Å². The normalized spacial score (nSPS) is 17.6. The van der Waals surface area contributed by atoms with Crippen molar-refractivity contribution in [1.29, 1.82) is 0 Å². The molecule has 1 saturated carbocycles. The highest BCUT2D eigenvalue weighted by molar-refractivity contribution is 5.95. The topological polar surface area (TPSA) is 86.5 Å². The summed E-state index contributed by atoms with van der Waals surface area (Å²) < 4.78 is 26.7. The number of hydrogen-bond acceptors (Lipinski definition) is 5. The lowest BCUT2D eigenvalue weighted by Gasteiger charge is -2.24. The Morgan fingerprint density at radius 3 is 2.58 bits per heavy atom. The standard InChI is InChI=1S/C23H24FN3O4/c24-16-4-6-17(7-5-16)27-19-12-18(23(28)29)25-22(31-13-14-8-10-30-11-9-14)20(19)21(26-27)15-2-1-3-15/h4-7,12,14-15H,1-3,8-11,13H2,(H,28,29). The average Bonchev–Trinajstić information content (AvgIpc) is 3.11. The molecule has 1 saturated heterocycles. The average molecular weight is 425 g/mol. The second kappa shape index (κ2) is 8.26. The molecule has 3 aromatic rings. The Morgan fingerprint density at radius 1 is 1.19 bits per heavy atom. The van der Waals surface area contributed by atoms with Crippen LogP contribution in [0.25, 0.3) is 16.6 Å². The van der Waals surface area contributed by atoms with Gasteiger partial charge in [0.2, 0.25) is 5.88 Å². The Hall–Kier alpha value is -3.00. The number of fused-ring (bicyclic) bond motifs is 1. The molecule has 0 bridgehead atoms. The third-order valence-electron chi connectivity index (χ3n) is 6.24. The number of hydrogen-bond donors (Lipinski definition) is 1. The SMILES string of the molecule is O=C(O)c1cc2c(c(OCC3CCOCC3)n1)c(C1CCC1)nn2-c1ccc(F)cc1. The second-order valence-electron chi connectivity index (χ2n) is 8.28. The summed E-state index contributed by atoms with van der Waals surface area (Å²) in [6.45, 7) is 1.88. The van der Waals surface area contributed by atoms with Gasteiger partial charge >= 0.3 is 5.97 Å². The van der Waals surface area contributed by atoms with Gasteiger partial charge in [0.25, 0.3) is 0 Å². The Morgan fingerprint density at radius 2 is 1.94 bits per heavy atom. The largest absolute Gasteiger partial charge is 0.477 e. The van der Waals surface area contributed by atoms with Gasteiger partial charge in [0, 0.05) is 19.1 Å². The maximum atomic E-state index is 13.5. The molecule has 0 atom stereocenters. The van der Waals surface area contributed by atoms with Crippen LogP contribution >= 0.6 is 0 Å². The van der Waals surface area contributed by atoms with Crippen LogP contribution in [-0.2, 0) is 4.74 Å². The molecule has 1 N–H and O–H groups in total. The number of carboxylic acids is 1. The number of halogens is 1. The summed E-state index contributed by atoms with van der Waals surface area (Å²) in [4.78, 5) is 16.1. The fourth-order valence-electron chi connectivity index (χ4n) is 4.20. The Labute approximate surface area is 178 Å². The van der Waals surface area contributed by atoms with Crippen LogP contribution in [0.2, 0.25) is 0 Å². The molecule has 0 spiro atoms. The molecule has 0 radical (unpaired) electrons. The zero-order valence-corrected chi connectivity index (χ0v) is 17.1. The van der Waals surface area contributed by atoms with Crippen LogP contribution in [0, 0.1) is 11.7 Å². The highest BCUT2D eigenvalue weighted by atomic mass is 19.1. The van der Waals surface area contributed by atoms with E-state index < -0.39 is 5.97 Å². The van der Waals surface area contributed by atoms with Crippen molar-refractivity contribution in [2.75, 3.05) is 19.8 Å². The Balaban J connectivity index is 1.63. The fraction of sp³-hybridized carbons (Fsp3) is 0.435. The zero-order chi connectivity index (χ0) is 21.4. The van der Waals surface area contributed by atoms with E-state index in [0.717, 1.165) is 43.2 Å². The first-order chi connectivity index (χ1) is 15.1. The van der Waals surface area contributed by atoms with E-state index in [4.69, 9.17) is 14.6 Å². The molecule has 5 rings (SSSR count). The molecule has 8 heteroatoms. The van der Waals surface area contributed by atoms with Gasteiger partial charge in [-0.1, -0.05) is 6.42 Å². The van der Waals surface area contributed by atoms with Crippen molar-refractivity contribution in [2.45, 2.75) is 38.0 Å². The van der Waals surface area contributed by atoms with Gasteiger partial charge in [0.05, 0.1) is 28.9 Å². The maximum absolute atomic E-state index is 13.5. The van der Waals surface area contributed by atoms with E-state index >= 15 is 0 Å². The van der Waals surface area contributed by atoms with Crippen LogP contribution in [0.5, 0.6) is 5.88 Å². The van der Waals surface area contributed by atoms with Crippen LogP contribution in [0.3, 0.4) is 0 Å². The number of carbonyl (C=O) groups is 1. The van der Waals surface area contributed by atoms with Crippen molar-refractivity contribution >= 4 is 16.9 Å². The number of aromatic carboxylic acids is 1. The smallest absolute Gasteiger partial charge is 0.354 e. The summed E-state index contributed by atoms with van der Waals surface area (Å²) in [5.74, 6) is -0.523. The lowest BCUT2D eigenvalue weighted by atomic mass is 9.82. The number of nitrogens with zero attached hydrogens (tertiary/aromatic N) is 3. The quantitative estimate of drug-likeness (QED) is 0.633. The van der Waals surface area contributed by atoms with Crippen LogP contribution in [0.1, 0.15) is 54.2 Å². The van der Waals surface area contributed by atoms with Crippen molar-refractivity contribution in [2.24, 2.45) is 5.92 Å². The van der Waals surface area contributed by atoms with Crippen LogP contribution in [0.15, 0.2) is 30.3 Å². The monoisotopic (exact) mass is 425 g/mol. The number of ether oxygens (including phenoxy) is 2. The molecule has 7 nitrogen and oxygen atoms in total. The van der Waals surface area contributed by atoms with Crippen molar-refractivity contribution in [1.82, 2.24) is 14.8 Å². The third kappa shape index (κ3) is 3.87. The van der Waals surface area contributed by atoms with Crippen LogP contribution < -0.4 is 4.74 Å². The van der Waals surface area contributed by atoms with E-state index in [1.807, 2.05) is 0 Å². The maximum Gasteiger partial charge on any atom is 0.354 e. The lowest BCUT2D eigenvalue weighted by Crippen LogP contribution is -2.22. The lowest BCUT2D eigenvalue weighted by molar-refractivity contribution is 0.0492. The highest BCUT2D eigenvalue weighted by Gasteiger charge is 2.30. The third-order valence-corrected chi connectivity index (χ3v) is 6.24. The summed E-state index contributed by atoms with van der Waals surface area (Å²) in [5, 5.41) is 15.2. The van der Waals surface area contributed by atoms with Crippen molar-refractivity contribution < 1.29 is 23.8 Å². The van der Waals surface area contributed by atoms with Crippen molar-refractivity contribution in [3.05, 3.63) is 47.5 Å². The first-order valence-electron chi connectivity index (χ1n) is 10.7.